The van der Waals surface area contributed by atoms with Crippen LogP contribution in [0.5, 0.6) is 0 Å². The Balaban J connectivity index is 2.28. The van der Waals surface area contributed by atoms with Crippen molar-refractivity contribution < 1.29 is 9.90 Å². The molecule has 0 amide bonds. The van der Waals surface area contributed by atoms with E-state index in [4.69, 9.17) is 5.11 Å². The second-order valence-corrected chi connectivity index (χ2v) is 4.19. The molecule has 1 aromatic rings. The van der Waals surface area contributed by atoms with Crippen LogP contribution in [0.4, 0.5) is 0 Å². The van der Waals surface area contributed by atoms with Gasteiger partial charge in [-0.3, -0.25) is 4.79 Å². The van der Waals surface area contributed by atoms with Crippen molar-refractivity contribution in [3.05, 3.63) is 35.2 Å². The van der Waals surface area contributed by atoms with E-state index in [2.05, 4.69) is 5.29 Å². The average molecular weight is 240 g/mol. The summed E-state index contributed by atoms with van der Waals surface area (Å²) in [6.07, 6.45) is 0. The van der Waals surface area contributed by atoms with E-state index in [-0.39, 0.29) is 6.54 Å². The lowest BCUT2D eigenvalue weighted by molar-refractivity contribution is -0.138. The van der Waals surface area contributed by atoms with Gasteiger partial charge in [0.05, 0.1) is 5.29 Å². The van der Waals surface area contributed by atoms with Crippen molar-refractivity contribution in [2.75, 3.05) is 18.8 Å². The van der Waals surface area contributed by atoms with E-state index in [1.54, 1.807) is 11.8 Å². The number of benzene rings is 1. The number of nitrogens with zero attached hydrogens (tertiary/aromatic N) is 2. The number of rotatable bonds is 7. The Morgan fingerprint density at radius 1 is 1.38 bits per heavy atom. The van der Waals surface area contributed by atoms with Crippen molar-refractivity contribution in [2.24, 2.45) is 5.29 Å². The molecule has 1 rings (SSSR count). The average Bonchev–Trinajstić information content (AvgIpc) is 2.28. The Labute approximate surface area is 97.4 Å². The van der Waals surface area contributed by atoms with Crippen LogP contribution in [-0.2, 0) is 4.79 Å². The molecule has 0 heterocycles. The summed E-state index contributed by atoms with van der Waals surface area (Å²) in [4.78, 5) is 21.7. The van der Waals surface area contributed by atoms with E-state index >= 15 is 0 Å². The second kappa shape index (κ2) is 6.84. The van der Waals surface area contributed by atoms with Crippen LogP contribution in [0.3, 0.4) is 0 Å². The maximum absolute atomic E-state index is 10.4. The van der Waals surface area contributed by atoms with Crippen LogP contribution in [0, 0.1) is 4.91 Å². The van der Waals surface area contributed by atoms with Gasteiger partial charge in [-0.25, -0.2) is 5.01 Å². The normalized spacial score (nSPS) is 9.75. The molecule has 1 N–H and O–H groups in total. The molecule has 0 aliphatic rings. The van der Waals surface area contributed by atoms with Crippen LogP contribution >= 0.6 is 11.8 Å². The summed E-state index contributed by atoms with van der Waals surface area (Å²) in [6.45, 7) is -0.0196. The molecule has 5 nitrogen and oxygen atoms in total. The second-order valence-electron chi connectivity index (χ2n) is 3.03. The van der Waals surface area contributed by atoms with Gasteiger partial charge in [-0.1, -0.05) is 18.2 Å². The molecule has 0 aliphatic carbocycles. The minimum Gasteiger partial charge on any atom is -0.480 e. The van der Waals surface area contributed by atoms with Gasteiger partial charge in [0.1, 0.15) is 6.54 Å². The largest absolute Gasteiger partial charge is 0.480 e. The first kappa shape index (κ1) is 12.5. The molecule has 1 aromatic carbocycles. The molecule has 6 heteroatoms. The van der Waals surface area contributed by atoms with Crippen molar-refractivity contribution >= 4 is 17.7 Å². The number of nitroso groups, excluding NO2 is 1. The van der Waals surface area contributed by atoms with E-state index < -0.39 is 5.97 Å². The fourth-order valence-electron chi connectivity index (χ4n) is 1.09. The van der Waals surface area contributed by atoms with Crippen LogP contribution < -0.4 is 0 Å². The molecule has 0 saturated carbocycles. The first-order valence-corrected chi connectivity index (χ1v) is 5.69. The third-order valence-electron chi connectivity index (χ3n) is 1.79. The van der Waals surface area contributed by atoms with Gasteiger partial charge in [0.2, 0.25) is 0 Å². The summed E-state index contributed by atoms with van der Waals surface area (Å²) in [5.41, 5.74) is 0. The van der Waals surface area contributed by atoms with Crippen molar-refractivity contribution in [1.29, 1.82) is 0 Å². The summed E-state index contributed by atoms with van der Waals surface area (Å²) in [7, 11) is 0. The first-order chi connectivity index (χ1) is 7.72. The number of carboxylic acids is 1. The van der Waals surface area contributed by atoms with Gasteiger partial charge in [-0.2, -0.15) is 0 Å². The summed E-state index contributed by atoms with van der Waals surface area (Å²) >= 11 is 1.56. The van der Waals surface area contributed by atoms with E-state index in [1.165, 1.54) is 0 Å². The number of carboxylic acid groups (broad SMARTS) is 1. The Bertz CT molecular complexity index is 345. The van der Waals surface area contributed by atoms with E-state index in [1.807, 2.05) is 30.3 Å². The predicted molar refractivity (Wildman–Crippen MR) is 62.2 cm³/mol. The van der Waals surface area contributed by atoms with Crippen LogP contribution in [0.15, 0.2) is 40.5 Å². The lowest BCUT2D eigenvalue weighted by Crippen LogP contribution is -2.26. The molecule has 16 heavy (non-hydrogen) atoms. The van der Waals surface area contributed by atoms with Gasteiger partial charge >= 0.3 is 5.97 Å². The van der Waals surface area contributed by atoms with Gasteiger partial charge in [0.25, 0.3) is 0 Å². The molecule has 0 atom stereocenters. The summed E-state index contributed by atoms with van der Waals surface area (Å²) in [6, 6.07) is 9.69. The highest BCUT2D eigenvalue weighted by Gasteiger charge is 2.07. The van der Waals surface area contributed by atoms with Crippen molar-refractivity contribution in [3.8, 4) is 0 Å². The zero-order chi connectivity index (χ0) is 11.8. The predicted octanol–water partition coefficient (Wildman–Crippen LogP) is 1.85. The third-order valence-corrected chi connectivity index (χ3v) is 2.79. The highest BCUT2D eigenvalue weighted by molar-refractivity contribution is 7.99. The third kappa shape index (κ3) is 4.79. The number of carbonyl (C=O) groups is 1. The summed E-state index contributed by atoms with van der Waals surface area (Å²) in [5.74, 6) is -0.424. The maximum Gasteiger partial charge on any atom is 0.324 e. The minimum atomic E-state index is -1.05. The SMILES string of the molecule is O=NN(CCSc1ccccc1)CC(=O)O. The van der Waals surface area contributed by atoms with Gasteiger partial charge in [0, 0.05) is 17.2 Å². The van der Waals surface area contributed by atoms with Crippen LogP contribution in [0.2, 0.25) is 0 Å². The lowest BCUT2D eigenvalue weighted by Gasteiger charge is -2.11. The maximum atomic E-state index is 10.4. The van der Waals surface area contributed by atoms with Gasteiger partial charge in [0.15, 0.2) is 0 Å². The van der Waals surface area contributed by atoms with Gasteiger partial charge < -0.3 is 5.11 Å². The van der Waals surface area contributed by atoms with Crippen molar-refractivity contribution in [3.63, 3.8) is 0 Å². The Morgan fingerprint density at radius 2 is 2.06 bits per heavy atom. The topological polar surface area (TPSA) is 70.0 Å². The molecule has 0 bridgehead atoms. The van der Waals surface area contributed by atoms with E-state index in [0.717, 1.165) is 9.90 Å². The molecule has 0 aromatic heterocycles. The fourth-order valence-corrected chi connectivity index (χ4v) is 1.98. The molecule has 86 valence electrons. The summed E-state index contributed by atoms with van der Waals surface area (Å²) in [5, 5.41) is 12.1. The molecule has 0 radical (unpaired) electrons. The van der Waals surface area contributed by atoms with Gasteiger partial charge in [-0.05, 0) is 12.1 Å². The Hall–Kier alpha value is -1.56. The molecular weight excluding hydrogens is 228 g/mol. The highest BCUT2D eigenvalue weighted by Crippen LogP contribution is 2.16. The van der Waals surface area contributed by atoms with E-state index in [0.29, 0.717) is 12.3 Å². The number of hydrogen-bond donors (Lipinski definition) is 1. The Kier molecular flexibility index (Phi) is 5.35. The minimum absolute atomic E-state index is 0.329. The summed E-state index contributed by atoms with van der Waals surface area (Å²) < 4.78 is 0. The zero-order valence-corrected chi connectivity index (χ0v) is 9.39. The molecule has 0 unspecified atom stereocenters. The van der Waals surface area contributed by atoms with Crippen LogP contribution in [-0.4, -0.2) is 34.9 Å². The quantitative estimate of drug-likeness (QED) is 0.447. The lowest BCUT2D eigenvalue weighted by atomic mass is 10.4. The number of hydrogen-bond acceptors (Lipinski definition) is 4. The Morgan fingerprint density at radius 3 is 2.62 bits per heavy atom. The molecule has 0 spiro atoms. The van der Waals surface area contributed by atoms with E-state index in [9.17, 15) is 9.70 Å². The van der Waals surface area contributed by atoms with Crippen LogP contribution in [0.25, 0.3) is 0 Å². The fraction of sp³-hybridized carbons (Fsp3) is 0.300. The van der Waals surface area contributed by atoms with Crippen molar-refractivity contribution in [2.45, 2.75) is 4.90 Å². The first-order valence-electron chi connectivity index (χ1n) is 4.70. The standard InChI is InChI=1S/C10H12N2O3S/c13-10(14)8-12(11-15)6-7-16-9-4-2-1-3-5-9/h1-5H,6-8H2,(H,13,14). The van der Waals surface area contributed by atoms with Crippen LogP contribution in [0.1, 0.15) is 0 Å². The number of aliphatic carboxylic acids is 1. The molecule has 0 aliphatic heterocycles. The van der Waals surface area contributed by atoms with Crippen molar-refractivity contribution in [1.82, 2.24) is 5.01 Å². The molecule has 0 saturated heterocycles. The number of thioether (sulfide) groups is 1. The molecular formula is C10H12N2O3S. The smallest absolute Gasteiger partial charge is 0.324 e. The monoisotopic (exact) mass is 240 g/mol. The highest BCUT2D eigenvalue weighted by atomic mass is 32.2. The molecule has 0 fully saturated rings. The zero-order valence-electron chi connectivity index (χ0n) is 8.57. The van der Waals surface area contributed by atoms with Gasteiger partial charge in [-0.15, -0.1) is 16.7 Å².